The van der Waals surface area contributed by atoms with Crippen LogP contribution >= 0.6 is 0 Å². The number of hydrogen-bond donors (Lipinski definition) is 0. The number of ether oxygens (including phenoxy) is 1. The Kier molecular flexibility index (Phi) is 5.55. The van der Waals surface area contributed by atoms with Gasteiger partial charge in [-0.05, 0) is 25.0 Å². The minimum atomic E-state index is -0.0512. The summed E-state index contributed by atoms with van der Waals surface area (Å²) in [5.74, 6) is 0.0510. The van der Waals surface area contributed by atoms with Crippen LogP contribution in [-0.4, -0.2) is 54.4 Å². The third-order valence-electron chi connectivity index (χ3n) is 5.44. The van der Waals surface area contributed by atoms with Gasteiger partial charge in [-0.3, -0.25) is 9.69 Å². The van der Waals surface area contributed by atoms with Crippen LogP contribution in [-0.2, 0) is 9.53 Å². The van der Waals surface area contributed by atoms with Gasteiger partial charge in [0.2, 0.25) is 0 Å². The van der Waals surface area contributed by atoms with Gasteiger partial charge >= 0.3 is 0 Å². The van der Waals surface area contributed by atoms with Crippen LogP contribution in [0.2, 0.25) is 0 Å². The number of benzene rings is 2. The van der Waals surface area contributed by atoms with E-state index < -0.39 is 0 Å². The van der Waals surface area contributed by atoms with E-state index in [1.807, 2.05) is 6.07 Å². The van der Waals surface area contributed by atoms with Crippen LogP contribution in [0.1, 0.15) is 34.7 Å². The lowest BCUT2D eigenvalue weighted by Gasteiger charge is -2.29. The van der Waals surface area contributed by atoms with E-state index in [9.17, 15) is 4.79 Å². The largest absolute Gasteiger partial charge is 0.379 e. The second-order valence-corrected chi connectivity index (χ2v) is 7.67. The number of aryl methyl sites for hydroxylation is 2. The molecule has 0 bridgehead atoms. The molecule has 2 aromatic carbocycles. The molecule has 1 amide bonds. The highest BCUT2D eigenvalue weighted by atomic mass is 16.5. The molecule has 4 rings (SSSR count). The Labute approximate surface area is 166 Å². The summed E-state index contributed by atoms with van der Waals surface area (Å²) in [6, 6.07) is 16.7. The summed E-state index contributed by atoms with van der Waals surface area (Å²) in [6.07, 6.45) is 0.737. The average molecular weight is 377 g/mol. The average Bonchev–Trinajstić information content (AvgIpc) is 3.15. The lowest BCUT2D eigenvalue weighted by atomic mass is 9.97. The van der Waals surface area contributed by atoms with Crippen LogP contribution in [0.4, 0.5) is 0 Å². The Balaban J connectivity index is 1.60. The number of hydrazone groups is 1. The summed E-state index contributed by atoms with van der Waals surface area (Å²) in [5.41, 5.74) is 5.62. The van der Waals surface area contributed by atoms with E-state index in [0.717, 1.165) is 36.3 Å². The molecule has 0 aromatic heterocycles. The maximum atomic E-state index is 13.1. The smallest absolute Gasteiger partial charge is 0.257 e. The number of carbonyl (C=O) groups is 1. The molecule has 0 radical (unpaired) electrons. The summed E-state index contributed by atoms with van der Waals surface area (Å²) in [4.78, 5) is 15.3. The summed E-state index contributed by atoms with van der Waals surface area (Å²) in [5, 5.41) is 6.49. The Hall–Kier alpha value is -2.50. The van der Waals surface area contributed by atoms with Gasteiger partial charge in [0.1, 0.15) is 0 Å². The Bertz CT molecular complexity index is 870. The minimum Gasteiger partial charge on any atom is -0.379 e. The van der Waals surface area contributed by atoms with Gasteiger partial charge < -0.3 is 4.74 Å². The van der Waals surface area contributed by atoms with Crippen molar-refractivity contribution >= 4 is 11.6 Å². The lowest BCUT2D eigenvalue weighted by molar-refractivity contribution is -0.135. The summed E-state index contributed by atoms with van der Waals surface area (Å²) in [7, 11) is 0. The number of nitrogens with zero attached hydrogens (tertiary/aromatic N) is 3. The molecular formula is C23H27N3O2. The quantitative estimate of drug-likeness (QED) is 0.821. The maximum Gasteiger partial charge on any atom is 0.257 e. The van der Waals surface area contributed by atoms with Crippen molar-refractivity contribution in [1.82, 2.24) is 9.91 Å². The van der Waals surface area contributed by atoms with Crippen molar-refractivity contribution in [1.29, 1.82) is 0 Å². The zero-order chi connectivity index (χ0) is 19.5. The number of amides is 1. The molecule has 5 nitrogen and oxygen atoms in total. The van der Waals surface area contributed by atoms with E-state index in [-0.39, 0.29) is 11.9 Å². The molecule has 2 aliphatic rings. The van der Waals surface area contributed by atoms with Crippen LogP contribution in [0.15, 0.2) is 53.6 Å². The van der Waals surface area contributed by atoms with Gasteiger partial charge in [0.15, 0.2) is 0 Å². The third kappa shape index (κ3) is 4.16. The normalized spacial score (nSPS) is 20.3. The minimum absolute atomic E-state index is 0.0510. The molecule has 1 atom stereocenters. The van der Waals surface area contributed by atoms with Gasteiger partial charge in [-0.1, -0.05) is 59.7 Å². The van der Waals surface area contributed by atoms with Crippen LogP contribution < -0.4 is 0 Å². The van der Waals surface area contributed by atoms with E-state index in [0.29, 0.717) is 19.8 Å². The fourth-order valence-corrected chi connectivity index (χ4v) is 3.81. The van der Waals surface area contributed by atoms with Crippen molar-refractivity contribution in [2.24, 2.45) is 5.10 Å². The van der Waals surface area contributed by atoms with Crippen molar-refractivity contribution in [3.8, 4) is 0 Å². The van der Waals surface area contributed by atoms with Gasteiger partial charge in [-0.25, -0.2) is 5.01 Å². The molecule has 5 heteroatoms. The highest BCUT2D eigenvalue weighted by Gasteiger charge is 2.33. The first-order chi connectivity index (χ1) is 13.6. The Morgan fingerprint density at radius 1 is 1.07 bits per heavy atom. The molecule has 0 saturated carbocycles. The van der Waals surface area contributed by atoms with Gasteiger partial charge in [-0.2, -0.15) is 5.10 Å². The van der Waals surface area contributed by atoms with Crippen molar-refractivity contribution < 1.29 is 9.53 Å². The molecule has 0 N–H and O–H groups in total. The fraction of sp³-hybridized carbons (Fsp3) is 0.391. The molecule has 1 saturated heterocycles. The van der Waals surface area contributed by atoms with Crippen molar-refractivity contribution in [3.05, 3.63) is 70.8 Å². The zero-order valence-corrected chi connectivity index (χ0v) is 16.6. The first-order valence-corrected chi connectivity index (χ1v) is 9.93. The van der Waals surface area contributed by atoms with E-state index in [4.69, 9.17) is 9.84 Å². The van der Waals surface area contributed by atoms with Crippen molar-refractivity contribution in [2.75, 3.05) is 32.8 Å². The van der Waals surface area contributed by atoms with Crippen molar-refractivity contribution in [2.45, 2.75) is 26.3 Å². The summed E-state index contributed by atoms with van der Waals surface area (Å²) < 4.78 is 5.40. The van der Waals surface area contributed by atoms with Crippen LogP contribution in [0.25, 0.3) is 0 Å². The molecule has 2 aliphatic heterocycles. The van der Waals surface area contributed by atoms with E-state index in [1.54, 1.807) is 5.01 Å². The summed E-state index contributed by atoms with van der Waals surface area (Å²) >= 11 is 0. The Morgan fingerprint density at radius 2 is 1.82 bits per heavy atom. The molecular weight excluding hydrogens is 350 g/mol. The van der Waals surface area contributed by atoms with Gasteiger partial charge in [-0.15, -0.1) is 0 Å². The SMILES string of the molecule is Cc1ccc([C@H]2CC(c3cccc(C)c3)=NN2C(=O)CN2CCOCC2)cc1. The molecule has 0 aliphatic carbocycles. The monoisotopic (exact) mass is 377 g/mol. The lowest BCUT2D eigenvalue weighted by Crippen LogP contribution is -2.43. The highest BCUT2D eigenvalue weighted by Crippen LogP contribution is 2.33. The topological polar surface area (TPSA) is 45.1 Å². The molecule has 146 valence electrons. The Morgan fingerprint density at radius 3 is 2.54 bits per heavy atom. The van der Waals surface area contributed by atoms with Gasteiger partial charge in [0.25, 0.3) is 5.91 Å². The molecule has 28 heavy (non-hydrogen) atoms. The predicted molar refractivity (Wildman–Crippen MR) is 110 cm³/mol. The number of hydrogen-bond acceptors (Lipinski definition) is 4. The predicted octanol–water partition coefficient (Wildman–Crippen LogP) is 3.31. The molecule has 2 aromatic rings. The first kappa shape index (κ1) is 18.8. The van der Waals surface area contributed by atoms with Crippen LogP contribution in [0.5, 0.6) is 0 Å². The van der Waals surface area contributed by atoms with E-state index in [2.05, 4.69) is 61.2 Å². The second kappa shape index (κ2) is 8.25. The van der Waals surface area contributed by atoms with Gasteiger partial charge in [0, 0.05) is 19.5 Å². The highest BCUT2D eigenvalue weighted by molar-refractivity contribution is 6.03. The van der Waals surface area contributed by atoms with Crippen LogP contribution in [0.3, 0.4) is 0 Å². The number of morpholine rings is 1. The van der Waals surface area contributed by atoms with Gasteiger partial charge in [0.05, 0.1) is 31.5 Å². The van der Waals surface area contributed by atoms with Crippen LogP contribution in [0, 0.1) is 13.8 Å². The maximum absolute atomic E-state index is 13.1. The third-order valence-corrected chi connectivity index (χ3v) is 5.44. The molecule has 0 spiro atoms. The van der Waals surface area contributed by atoms with Crippen molar-refractivity contribution in [3.63, 3.8) is 0 Å². The molecule has 0 unspecified atom stereocenters. The zero-order valence-electron chi connectivity index (χ0n) is 16.6. The van der Waals surface area contributed by atoms with E-state index >= 15 is 0 Å². The second-order valence-electron chi connectivity index (χ2n) is 7.67. The number of rotatable bonds is 4. The fourth-order valence-electron chi connectivity index (χ4n) is 3.81. The summed E-state index contributed by atoms with van der Waals surface area (Å²) in [6.45, 7) is 7.51. The molecule has 1 fully saturated rings. The standard InChI is InChI=1S/C23H27N3O2/c1-17-6-8-19(9-7-17)22-15-21(20-5-3-4-18(2)14-20)24-26(22)23(27)16-25-10-12-28-13-11-25/h3-9,14,22H,10-13,15-16H2,1-2H3/t22-/m1/s1. The number of carbonyl (C=O) groups excluding carboxylic acids is 1. The van der Waals surface area contributed by atoms with E-state index in [1.165, 1.54) is 11.1 Å². The molecule has 2 heterocycles. The first-order valence-electron chi connectivity index (χ1n) is 9.93.